The molecule has 0 saturated heterocycles. The molecule has 0 fully saturated rings. The summed E-state index contributed by atoms with van der Waals surface area (Å²) in [4.78, 5) is 34.9. The van der Waals surface area contributed by atoms with Gasteiger partial charge in [0.2, 0.25) is 0 Å². The van der Waals surface area contributed by atoms with Crippen LogP contribution in [0.15, 0.2) is 122 Å². The number of esters is 2. The molecule has 11 heteroatoms. The summed E-state index contributed by atoms with van der Waals surface area (Å²) in [6.45, 7) is 3.20. The molecule has 3 atom stereocenters. The fourth-order valence-corrected chi connectivity index (χ4v) is 5.63. The van der Waals surface area contributed by atoms with Gasteiger partial charge >= 0.3 is 19.8 Å². The minimum absolute atomic E-state index is 0.0138. The van der Waals surface area contributed by atoms with E-state index in [4.69, 9.17) is 24.3 Å². The van der Waals surface area contributed by atoms with E-state index < -0.39 is 38.6 Å². The second-order valence-corrected chi connectivity index (χ2v) is 14.7. The summed E-state index contributed by atoms with van der Waals surface area (Å²) in [5.41, 5.74) is 5.33. The van der Waals surface area contributed by atoms with Crippen molar-refractivity contribution in [1.82, 2.24) is 0 Å². The van der Waals surface area contributed by atoms with E-state index in [1.807, 2.05) is 12.2 Å². The number of hydrogen-bond donors (Lipinski definition) is 3. The molecule has 10 nitrogen and oxygen atoms in total. The maximum atomic E-state index is 12.6. The van der Waals surface area contributed by atoms with Crippen LogP contribution in [0.4, 0.5) is 0 Å². The van der Waals surface area contributed by atoms with Crippen molar-refractivity contribution in [3.63, 3.8) is 0 Å². The summed E-state index contributed by atoms with van der Waals surface area (Å²) in [5, 5.41) is 10.2. The second-order valence-electron chi connectivity index (χ2n) is 13.3. The molecule has 0 radical (unpaired) electrons. The number of aliphatic hydroxyl groups excluding tert-OH is 1. The van der Waals surface area contributed by atoms with Crippen molar-refractivity contribution >= 4 is 19.8 Å². The molecule has 0 aromatic carbocycles. The third kappa shape index (κ3) is 40.6. The number of phosphoric ester groups is 1. The van der Waals surface area contributed by atoms with Gasteiger partial charge in [0.25, 0.3) is 0 Å². The molecule has 0 amide bonds. The highest BCUT2D eigenvalue weighted by Gasteiger charge is 2.26. The lowest BCUT2D eigenvalue weighted by atomic mass is 10.1. The van der Waals surface area contributed by atoms with E-state index in [2.05, 4.69) is 111 Å². The van der Waals surface area contributed by atoms with E-state index in [1.54, 1.807) is 12.2 Å². The molecule has 0 spiro atoms. The number of ether oxygens (including phenoxy) is 2. The first-order valence-corrected chi connectivity index (χ1v) is 22.6. The van der Waals surface area contributed by atoms with Crippen LogP contribution in [0.25, 0.3) is 0 Å². The predicted octanol–water partition coefficient (Wildman–Crippen LogP) is 11.1. The van der Waals surface area contributed by atoms with Crippen molar-refractivity contribution in [2.24, 2.45) is 5.73 Å². The van der Waals surface area contributed by atoms with Crippen LogP contribution >= 0.6 is 7.82 Å². The molecule has 0 bridgehead atoms. The van der Waals surface area contributed by atoms with Gasteiger partial charge in [0.05, 0.1) is 19.3 Å². The highest BCUT2D eigenvalue weighted by atomic mass is 31.2. The highest BCUT2D eigenvalue weighted by Crippen LogP contribution is 2.43. The molecule has 0 rings (SSSR count). The Morgan fingerprint density at radius 3 is 1.64 bits per heavy atom. The Bertz CT molecular complexity index is 1370. The van der Waals surface area contributed by atoms with E-state index >= 15 is 0 Å². The summed E-state index contributed by atoms with van der Waals surface area (Å²) in [7, 11) is -4.44. The first kappa shape index (κ1) is 54.4. The zero-order valence-corrected chi connectivity index (χ0v) is 36.2. The predicted molar refractivity (Wildman–Crippen MR) is 239 cm³/mol. The standard InChI is InChI=1S/C47H74NO9P/c1-3-5-7-9-11-13-15-17-18-19-20-21-22-24-26-28-30-32-34-38-47(51)57-45(43-56-58(52,53)55-41-40-48)42-54-46(50)39-35-37-44(49)36-33-31-29-27-25-23-16-14-12-10-8-6-4-2/h5-8,11-14,17-18,20-21,23-26,29,31,33,36,44-45,49H,3-4,9-10,15-16,19,22,27-28,30,32,34-35,37-43,48H2,1-2H3,(H,52,53)/b7-5-,8-6-,13-11-,14-12-,18-17-,21-20-,25-23-,26-24-,31-29-,36-33+/t44?,45-/m1/s1. The summed E-state index contributed by atoms with van der Waals surface area (Å²) in [6, 6.07) is 0. The number of aliphatic hydroxyl groups is 1. The van der Waals surface area contributed by atoms with Crippen molar-refractivity contribution in [3.8, 4) is 0 Å². The van der Waals surface area contributed by atoms with Gasteiger partial charge in [0.1, 0.15) is 6.61 Å². The number of carbonyl (C=O) groups is 2. The topological polar surface area (TPSA) is 155 Å². The number of unbranched alkanes of at least 4 members (excludes halogenated alkanes) is 3. The number of nitrogens with two attached hydrogens (primary N) is 1. The van der Waals surface area contributed by atoms with E-state index in [-0.39, 0.29) is 32.6 Å². The Kier molecular flexibility index (Phi) is 38.9. The molecule has 0 aliphatic carbocycles. The summed E-state index contributed by atoms with van der Waals surface area (Å²) in [6.07, 6.45) is 52.6. The van der Waals surface area contributed by atoms with Crippen LogP contribution in [0.3, 0.4) is 0 Å². The lowest BCUT2D eigenvalue weighted by Gasteiger charge is -2.20. The quantitative estimate of drug-likeness (QED) is 0.0181. The maximum absolute atomic E-state index is 12.6. The lowest BCUT2D eigenvalue weighted by molar-refractivity contribution is -0.161. The van der Waals surface area contributed by atoms with Gasteiger partial charge in [-0.2, -0.15) is 0 Å². The second kappa shape index (κ2) is 41.5. The van der Waals surface area contributed by atoms with Gasteiger partial charge in [-0.05, 0) is 89.9 Å². The van der Waals surface area contributed by atoms with Gasteiger partial charge in [0.15, 0.2) is 6.10 Å². The van der Waals surface area contributed by atoms with Crippen LogP contribution < -0.4 is 5.73 Å². The van der Waals surface area contributed by atoms with E-state index in [0.717, 1.165) is 77.0 Å². The molecule has 0 aromatic heterocycles. The van der Waals surface area contributed by atoms with Crippen LogP contribution in [-0.2, 0) is 32.7 Å². The minimum Gasteiger partial charge on any atom is -0.462 e. The summed E-state index contributed by atoms with van der Waals surface area (Å²) >= 11 is 0. The Labute approximate surface area is 350 Å². The molecule has 0 aliphatic heterocycles. The van der Waals surface area contributed by atoms with Crippen LogP contribution in [0, 0.1) is 0 Å². The number of allylic oxidation sites excluding steroid dienone is 19. The maximum Gasteiger partial charge on any atom is 0.472 e. The van der Waals surface area contributed by atoms with Crippen LogP contribution in [0.2, 0.25) is 0 Å². The molecule has 0 aliphatic rings. The van der Waals surface area contributed by atoms with Crippen molar-refractivity contribution in [3.05, 3.63) is 122 Å². The van der Waals surface area contributed by atoms with E-state index in [1.165, 1.54) is 0 Å². The van der Waals surface area contributed by atoms with Gasteiger partial charge in [-0.1, -0.05) is 142 Å². The Balaban J connectivity index is 4.46. The molecule has 58 heavy (non-hydrogen) atoms. The highest BCUT2D eigenvalue weighted by molar-refractivity contribution is 7.47. The molecular weight excluding hydrogens is 753 g/mol. The molecule has 4 N–H and O–H groups in total. The number of rotatable bonds is 37. The van der Waals surface area contributed by atoms with Gasteiger partial charge in [0, 0.05) is 19.4 Å². The monoisotopic (exact) mass is 828 g/mol. The summed E-state index contributed by atoms with van der Waals surface area (Å²) < 4.78 is 32.6. The van der Waals surface area contributed by atoms with Crippen LogP contribution in [0.5, 0.6) is 0 Å². The largest absolute Gasteiger partial charge is 0.472 e. The Hall–Kier alpha value is -3.63. The molecule has 0 saturated carbocycles. The lowest BCUT2D eigenvalue weighted by Crippen LogP contribution is -2.29. The number of hydrogen-bond acceptors (Lipinski definition) is 9. The first-order valence-electron chi connectivity index (χ1n) is 21.1. The van der Waals surface area contributed by atoms with Crippen LogP contribution in [0.1, 0.15) is 123 Å². The minimum atomic E-state index is -4.44. The van der Waals surface area contributed by atoms with Gasteiger partial charge in [-0.25, -0.2) is 4.57 Å². The van der Waals surface area contributed by atoms with Gasteiger partial charge in [-0.3, -0.25) is 18.6 Å². The van der Waals surface area contributed by atoms with Crippen molar-refractivity contribution in [2.45, 2.75) is 135 Å². The van der Waals surface area contributed by atoms with Crippen molar-refractivity contribution < 1.29 is 42.7 Å². The average molecular weight is 828 g/mol. The fraction of sp³-hybridized carbons (Fsp3) is 0.532. The SMILES string of the molecule is CC/C=C\C/C=C\C/C=C\C/C=C\C=C\C(O)CCCC(=O)OC[C@H](COP(=O)(O)OCCN)OC(=O)CCCCC/C=C\C/C=C\C/C=C\C/C=C\C/C=C\CC. The van der Waals surface area contributed by atoms with Gasteiger partial charge < -0.3 is 25.2 Å². The van der Waals surface area contributed by atoms with E-state index in [9.17, 15) is 24.2 Å². The normalized spacial score (nSPS) is 15.1. The number of phosphoric acid groups is 1. The molecular formula is C47H74NO9P. The molecule has 0 heterocycles. The molecule has 2 unspecified atom stereocenters. The Morgan fingerprint density at radius 1 is 0.603 bits per heavy atom. The zero-order chi connectivity index (χ0) is 42.6. The Morgan fingerprint density at radius 2 is 1.10 bits per heavy atom. The van der Waals surface area contributed by atoms with E-state index in [0.29, 0.717) is 19.3 Å². The fourth-order valence-electron chi connectivity index (χ4n) is 4.86. The average Bonchev–Trinajstić information content (AvgIpc) is 3.20. The molecule has 0 aromatic rings. The smallest absolute Gasteiger partial charge is 0.462 e. The zero-order valence-electron chi connectivity index (χ0n) is 35.3. The van der Waals surface area contributed by atoms with Gasteiger partial charge in [-0.15, -0.1) is 0 Å². The number of carbonyl (C=O) groups excluding carboxylic acids is 2. The molecule has 326 valence electrons. The van der Waals surface area contributed by atoms with Crippen LogP contribution in [-0.4, -0.2) is 60.5 Å². The van der Waals surface area contributed by atoms with Crippen molar-refractivity contribution in [1.29, 1.82) is 0 Å². The third-order valence-corrected chi connectivity index (χ3v) is 8.93. The first-order chi connectivity index (χ1) is 28.2. The third-order valence-electron chi connectivity index (χ3n) is 7.95. The summed E-state index contributed by atoms with van der Waals surface area (Å²) in [5.74, 6) is -1.09. The van der Waals surface area contributed by atoms with Crippen molar-refractivity contribution in [2.75, 3.05) is 26.4 Å².